The third-order valence-corrected chi connectivity index (χ3v) is 4.33. The van der Waals surface area contributed by atoms with Crippen molar-refractivity contribution in [1.29, 1.82) is 0 Å². The fourth-order valence-corrected chi connectivity index (χ4v) is 3.47. The van der Waals surface area contributed by atoms with Crippen molar-refractivity contribution in [3.05, 3.63) is 22.4 Å². The first-order chi connectivity index (χ1) is 7.07. The molecule has 0 saturated heterocycles. The van der Waals surface area contributed by atoms with Crippen LogP contribution in [0.2, 0.25) is 0 Å². The van der Waals surface area contributed by atoms with Crippen LogP contribution in [-0.4, -0.2) is 6.04 Å². The molecule has 1 aromatic rings. The lowest BCUT2D eigenvalue weighted by atomic mass is 9.91. The molecular weight excluding hydrogens is 202 g/mol. The molecule has 0 aliphatic heterocycles. The van der Waals surface area contributed by atoms with E-state index >= 15 is 0 Å². The number of hydrogen-bond acceptors (Lipinski definition) is 2. The molecule has 2 rings (SSSR count). The van der Waals surface area contributed by atoms with Crippen LogP contribution >= 0.6 is 11.3 Å². The first-order valence-electron chi connectivity index (χ1n) is 5.83. The number of nitrogens with one attached hydrogen (secondary N) is 1. The van der Waals surface area contributed by atoms with E-state index < -0.39 is 0 Å². The van der Waals surface area contributed by atoms with E-state index in [1.165, 1.54) is 17.7 Å². The van der Waals surface area contributed by atoms with Crippen LogP contribution in [0.1, 0.15) is 38.5 Å². The highest BCUT2D eigenvalue weighted by Gasteiger charge is 2.36. The van der Waals surface area contributed by atoms with Gasteiger partial charge in [-0.15, -0.1) is 11.3 Å². The molecule has 0 radical (unpaired) electrons. The van der Waals surface area contributed by atoms with Gasteiger partial charge in [-0.05, 0) is 35.6 Å². The Hall–Kier alpha value is -0.340. The largest absolute Gasteiger partial charge is 0.309 e. The minimum atomic E-state index is 0.534. The summed E-state index contributed by atoms with van der Waals surface area (Å²) >= 11 is 1.84. The summed E-state index contributed by atoms with van der Waals surface area (Å²) in [6, 6.07) is 5.05. The molecule has 1 aliphatic rings. The zero-order chi connectivity index (χ0) is 10.9. The minimum absolute atomic E-state index is 0.534. The molecule has 0 bridgehead atoms. The Morgan fingerprint density at radius 3 is 2.80 bits per heavy atom. The third-order valence-electron chi connectivity index (χ3n) is 3.45. The Labute approximate surface area is 96.9 Å². The highest BCUT2D eigenvalue weighted by molar-refractivity contribution is 7.09. The quantitative estimate of drug-likeness (QED) is 0.824. The molecule has 0 spiro atoms. The molecular formula is C13H21NS. The van der Waals surface area contributed by atoms with Crippen molar-refractivity contribution in [2.24, 2.45) is 11.3 Å². The van der Waals surface area contributed by atoms with Crippen LogP contribution in [0.4, 0.5) is 0 Å². The van der Waals surface area contributed by atoms with Gasteiger partial charge in [0, 0.05) is 17.5 Å². The molecule has 0 amide bonds. The molecule has 2 atom stereocenters. The summed E-state index contributed by atoms with van der Waals surface area (Å²) in [5.74, 6) is 0.819. The average molecular weight is 223 g/mol. The highest BCUT2D eigenvalue weighted by Crippen LogP contribution is 2.40. The van der Waals surface area contributed by atoms with Crippen LogP contribution < -0.4 is 5.32 Å². The van der Waals surface area contributed by atoms with Crippen molar-refractivity contribution in [2.45, 2.75) is 46.2 Å². The number of hydrogen-bond donors (Lipinski definition) is 1. The monoisotopic (exact) mass is 223 g/mol. The summed E-state index contributed by atoms with van der Waals surface area (Å²) in [5.41, 5.74) is 0.534. The lowest BCUT2D eigenvalue weighted by molar-refractivity contribution is 0.362. The van der Waals surface area contributed by atoms with E-state index in [1.54, 1.807) is 0 Å². The van der Waals surface area contributed by atoms with Crippen molar-refractivity contribution < 1.29 is 0 Å². The van der Waals surface area contributed by atoms with Crippen LogP contribution in [0.3, 0.4) is 0 Å². The minimum Gasteiger partial charge on any atom is -0.309 e. The summed E-state index contributed by atoms with van der Waals surface area (Å²) in [6.45, 7) is 8.19. The Balaban J connectivity index is 1.85. The summed E-state index contributed by atoms with van der Waals surface area (Å²) in [7, 11) is 0. The van der Waals surface area contributed by atoms with E-state index in [-0.39, 0.29) is 0 Å². The van der Waals surface area contributed by atoms with E-state index in [1.807, 2.05) is 11.3 Å². The maximum absolute atomic E-state index is 3.70. The summed E-state index contributed by atoms with van der Waals surface area (Å²) in [5, 5.41) is 5.85. The van der Waals surface area contributed by atoms with Crippen LogP contribution in [0.25, 0.3) is 0 Å². The van der Waals surface area contributed by atoms with Crippen LogP contribution in [-0.2, 0) is 6.54 Å². The van der Waals surface area contributed by atoms with Gasteiger partial charge in [0.1, 0.15) is 0 Å². The number of rotatable bonds is 3. The molecule has 1 N–H and O–H groups in total. The predicted octanol–water partition coefficient (Wildman–Crippen LogP) is 3.66. The van der Waals surface area contributed by atoms with Gasteiger partial charge in [0.05, 0.1) is 0 Å². The molecule has 0 aromatic carbocycles. The first-order valence-corrected chi connectivity index (χ1v) is 6.70. The van der Waals surface area contributed by atoms with E-state index in [0.717, 1.165) is 12.5 Å². The second-order valence-corrected chi connectivity index (χ2v) is 6.65. The van der Waals surface area contributed by atoms with E-state index in [9.17, 15) is 0 Å². The number of thiophene rings is 1. The lowest BCUT2D eigenvalue weighted by Crippen LogP contribution is -2.30. The van der Waals surface area contributed by atoms with Gasteiger partial charge in [0.15, 0.2) is 0 Å². The third kappa shape index (κ3) is 2.82. The average Bonchev–Trinajstić information content (AvgIpc) is 2.70. The fourth-order valence-electron chi connectivity index (χ4n) is 2.81. The zero-order valence-electron chi connectivity index (χ0n) is 9.92. The van der Waals surface area contributed by atoms with Crippen molar-refractivity contribution in [3.8, 4) is 0 Å². The Morgan fingerprint density at radius 1 is 1.47 bits per heavy atom. The van der Waals surface area contributed by atoms with Crippen LogP contribution in [0, 0.1) is 11.3 Å². The molecule has 2 unspecified atom stereocenters. The van der Waals surface area contributed by atoms with Crippen molar-refractivity contribution in [3.63, 3.8) is 0 Å². The Morgan fingerprint density at radius 2 is 2.27 bits per heavy atom. The maximum Gasteiger partial charge on any atom is 0.0302 e. The Bertz CT molecular complexity index is 302. The van der Waals surface area contributed by atoms with Gasteiger partial charge in [-0.3, -0.25) is 0 Å². The van der Waals surface area contributed by atoms with E-state index in [2.05, 4.69) is 43.6 Å². The summed E-state index contributed by atoms with van der Waals surface area (Å²) in [6.07, 6.45) is 2.68. The molecule has 1 heterocycles. The summed E-state index contributed by atoms with van der Waals surface area (Å²) in [4.78, 5) is 1.45. The van der Waals surface area contributed by atoms with Crippen LogP contribution in [0.15, 0.2) is 17.5 Å². The van der Waals surface area contributed by atoms with Crippen molar-refractivity contribution >= 4 is 11.3 Å². The zero-order valence-corrected chi connectivity index (χ0v) is 10.7. The van der Waals surface area contributed by atoms with E-state index in [0.29, 0.717) is 11.5 Å². The lowest BCUT2D eigenvalue weighted by Gasteiger charge is -2.18. The second kappa shape index (κ2) is 4.26. The second-order valence-electron chi connectivity index (χ2n) is 5.62. The maximum atomic E-state index is 3.70. The standard InChI is InChI=1S/C13H21NS/c1-10-7-13(2,3)8-12(10)14-9-11-5-4-6-15-11/h4-6,10,12,14H,7-9H2,1-3H3. The van der Waals surface area contributed by atoms with Crippen molar-refractivity contribution in [1.82, 2.24) is 5.32 Å². The molecule has 1 fully saturated rings. The first kappa shape index (κ1) is 11.2. The van der Waals surface area contributed by atoms with Crippen molar-refractivity contribution in [2.75, 3.05) is 0 Å². The van der Waals surface area contributed by atoms with Crippen LogP contribution in [0.5, 0.6) is 0 Å². The molecule has 1 aromatic heterocycles. The SMILES string of the molecule is CC1CC(C)(C)CC1NCc1cccs1. The molecule has 84 valence electrons. The van der Waals surface area contributed by atoms with E-state index in [4.69, 9.17) is 0 Å². The molecule has 1 saturated carbocycles. The smallest absolute Gasteiger partial charge is 0.0302 e. The molecule has 1 nitrogen and oxygen atoms in total. The Kier molecular flexibility index (Phi) is 3.17. The summed E-state index contributed by atoms with van der Waals surface area (Å²) < 4.78 is 0. The van der Waals surface area contributed by atoms with Gasteiger partial charge in [0.25, 0.3) is 0 Å². The van der Waals surface area contributed by atoms with Gasteiger partial charge in [0.2, 0.25) is 0 Å². The van der Waals surface area contributed by atoms with Gasteiger partial charge >= 0.3 is 0 Å². The normalized spacial score (nSPS) is 29.5. The van der Waals surface area contributed by atoms with Gasteiger partial charge in [-0.25, -0.2) is 0 Å². The molecule has 2 heteroatoms. The van der Waals surface area contributed by atoms with Gasteiger partial charge < -0.3 is 5.32 Å². The molecule has 1 aliphatic carbocycles. The fraction of sp³-hybridized carbons (Fsp3) is 0.692. The van der Waals surface area contributed by atoms with Gasteiger partial charge in [-0.2, -0.15) is 0 Å². The highest BCUT2D eigenvalue weighted by atomic mass is 32.1. The molecule has 15 heavy (non-hydrogen) atoms. The topological polar surface area (TPSA) is 12.0 Å². The predicted molar refractivity (Wildman–Crippen MR) is 67.1 cm³/mol. The van der Waals surface area contributed by atoms with Gasteiger partial charge in [-0.1, -0.05) is 26.8 Å².